The zero-order valence-corrected chi connectivity index (χ0v) is 23.8. The molecule has 0 saturated carbocycles. The molecule has 0 N–H and O–H groups in total. The second kappa shape index (κ2) is 9.96. The van der Waals surface area contributed by atoms with E-state index < -0.39 is 5.92 Å². The van der Waals surface area contributed by atoms with Crippen LogP contribution in [0.15, 0.2) is 65.0 Å². The fourth-order valence-corrected chi connectivity index (χ4v) is 6.53. The number of carbonyl (C=O) groups excluding carboxylic acids is 2. The quantitative estimate of drug-likeness (QED) is 0.397. The molecule has 0 spiro atoms. The van der Waals surface area contributed by atoms with Crippen LogP contribution in [0, 0.1) is 16.6 Å². The Labute approximate surface area is 230 Å². The molecular weight excluding hydrogens is 493 g/mol. The average Bonchev–Trinajstić information content (AvgIpc) is 2.85. The van der Waals surface area contributed by atoms with E-state index in [2.05, 4.69) is 39.5 Å². The van der Waals surface area contributed by atoms with E-state index in [0.29, 0.717) is 36.4 Å². The van der Waals surface area contributed by atoms with Crippen LogP contribution in [0.2, 0.25) is 0 Å². The van der Waals surface area contributed by atoms with Crippen molar-refractivity contribution >= 4 is 11.6 Å². The third kappa shape index (κ3) is 5.13. The lowest BCUT2D eigenvalue weighted by Gasteiger charge is -2.48. The number of nitrogens with zero attached hydrogens (tertiary/aromatic N) is 1. The van der Waals surface area contributed by atoms with E-state index in [1.54, 1.807) is 19.2 Å². The minimum atomic E-state index is -0.434. The van der Waals surface area contributed by atoms with Crippen LogP contribution in [0.4, 0.5) is 4.39 Å². The third-order valence-electron chi connectivity index (χ3n) is 8.14. The first-order valence-corrected chi connectivity index (χ1v) is 13.8. The summed E-state index contributed by atoms with van der Waals surface area (Å²) in [6.45, 7) is 11.6. The Morgan fingerprint density at radius 1 is 0.872 bits per heavy atom. The predicted octanol–water partition coefficient (Wildman–Crippen LogP) is 7.12. The number of ketones is 2. The Balaban J connectivity index is 1.61. The molecule has 0 unspecified atom stereocenters. The van der Waals surface area contributed by atoms with E-state index in [1.165, 1.54) is 12.1 Å². The van der Waals surface area contributed by atoms with Gasteiger partial charge in [0.2, 0.25) is 0 Å². The maximum atomic E-state index is 13.8. The van der Waals surface area contributed by atoms with Gasteiger partial charge < -0.3 is 14.4 Å². The Kier molecular flexibility index (Phi) is 6.94. The SMILES string of the molecule is CCN1C2=C(C(=O)CC(C)(C)C2)C(c2ccc(OCc3cccc(F)c3)c(OC)c2)C2=C1CC(C)(C)CC2=O. The highest BCUT2D eigenvalue weighted by Gasteiger charge is 2.48. The van der Waals surface area contributed by atoms with Crippen LogP contribution in [-0.2, 0) is 16.2 Å². The maximum absolute atomic E-state index is 13.8. The van der Waals surface area contributed by atoms with Crippen LogP contribution in [0.5, 0.6) is 11.5 Å². The molecule has 0 atom stereocenters. The van der Waals surface area contributed by atoms with Gasteiger partial charge in [-0.2, -0.15) is 0 Å². The molecule has 5 rings (SSSR count). The second-order valence-corrected chi connectivity index (χ2v) is 12.6. The van der Waals surface area contributed by atoms with Crippen LogP contribution in [0.25, 0.3) is 0 Å². The van der Waals surface area contributed by atoms with Gasteiger partial charge in [-0.1, -0.05) is 45.9 Å². The van der Waals surface area contributed by atoms with E-state index in [9.17, 15) is 14.0 Å². The lowest BCUT2D eigenvalue weighted by Crippen LogP contribution is -2.44. The van der Waals surface area contributed by atoms with Gasteiger partial charge >= 0.3 is 0 Å². The molecule has 0 amide bonds. The van der Waals surface area contributed by atoms with E-state index in [-0.39, 0.29) is 34.8 Å². The zero-order valence-electron chi connectivity index (χ0n) is 23.8. The summed E-state index contributed by atoms with van der Waals surface area (Å²) < 4.78 is 25.3. The van der Waals surface area contributed by atoms with Gasteiger partial charge in [-0.15, -0.1) is 0 Å². The lowest BCUT2D eigenvalue weighted by atomic mass is 9.63. The summed E-state index contributed by atoms with van der Waals surface area (Å²) in [6.07, 6.45) is 2.48. The summed E-state index contributed by atoms with van der Waals surface area (Å²) in [5, 5.41) is 0. The van der Waals surface area contributed by atoms with Crippen LogP contribution in [0.3, 0.4) is 0 Å². The topological polar surface area (TPSA) is 55.8 Å². The van der Waals surface area contributed by atoms with Crippen molar-refractivity contribution < 1.29 is 23.5 Å². The first-order chi connectivity index (χ1) is 18.4. The number of methoxy groups -OCH3 is 1. The maximum Gasteiger partial charge on any atom is 0.162 e. The first kappa shape index (κ1) is 27.2. The molecule has 0 fully saturated rings. The number of allylic oxidation sites excluding steroid dienone is 4. The summed E-state index contributed by atoms with van der Waals surface area (Å²) in [5.41, 5.74) is 4.87. The highest BCUT2D eigenvalue weighted by Crippen LogP contribution is 2.54. The Hall–Kier alpha value is -3.41. The van der Waals surface area contributed by atoms with Crippen LogP contribution in [0.1, 0.15) is 77.3 Å². The first-order valence-electron chi connectivity index (χ1n) is 13.8. The average molecular weight is 532 g/mol. The molecule has 6 heteroatoms. The van der Waals surface area contributed by atoms with Crippen molar-refractivity contribution in [2.75, 3.05) is 13.7 Å². The fraction of sp³-hybridized carbons (Fsp3) is 0.455. The molecule has 0 saturated heterocycles. The van der Waals surface area contributed by atoms with Gasteiger partial charge in [0.25, 0.3) is 0 Å². The van der Waals surface area contributed by atoms with E-state index in [4.69, 9.17) is 9.47 Å². The smallest absolute Gasteiger partial charge is 0.162 e. The number of benzene rings is 2. The molecular formula is C33H38FNO4. The number of ether oxygens (including phenoxy) is 2. The van der Waals surface area contributed by atoms with Crippen molar-refractivity contribution in [2.24, 2.45) is 10.8 Å². The van der Waals surface area contributed by atoms with Crippen molar-refractivity contribution in [1.82, 2.24) is 4.90 Å². The minimum absolute atomic E-state index is 0.110. The summed E-state index contributed by atoms with van der Waals surface area (Å²) in [5.74, 6) is 0.505. The third-order valence-corrected chi connectivity index (χ3v) is 8.14. The van der Waals surface area contributed by atoms with Crippen LogP contribution >= 0.6 is 0 Å². The molecule has 2 aromatic rings. The molecule has 0 aromatic heterocycles. The van der Waals surface area contributed by atoms with Gasteiger partial charge in [0.1, 0.15) is 12.4 Å². The molecule has 2 aromatic carbocycles. The van der Waals surface area contributed by atoms with E-state index >= 15 is 0 Å². The molecule has 206 valence electrons. The standard InChI is InChI=1S/C33H38FNO4/c1-7-35-23-15-32(2,3)17-25(36)30(23)29(31-24(35)16-33(4,5)18-26(31)37)21-11-12-27(28(14-21)38-6)39-19-20-9-8-10-22(34)13-20/h8-14,29H,7,15-19H2,1-6H3. The number of Topliss-reactive ketones (excluding diaryl/α,β-unsaturated/α-hetero) is 2. The van der Waals surface area contributed by atoms with Gasteiger partial charge in [-0.3, -0.25) is 9.59 Å². The van der Waals surface area contributed by atoms with Crippen molar-refractivity contribution in [3.05, 3.63) is 81.9 Å². The summed E-state index contributed by atoms with van der Waals surface area (Å²) in [4.78, 5) is 29.9. The highest BCUT2D eigenvalue weighted by atomic mass is 19.1. The Bertz CT molecular complexity index is 1350. The van der Waals surface area contributed by atoms with Crippen LogP contribution < -0.4 is 9.47 Å². The molecule has 5 nitrogen and oxygen atoms in total. The fourth-order valence-electron chi connectivity index (χ4n) is 6.53. The number of hydrogen-bond donors (Lipinski definition) is 0. The van der Waals surface area contributed by atoms with Crippen LogP contribution in [-0.4, -0.2) is 30.1 Å². The second-order valence-electron chi connectivity index (χ2n) is 12.6. The van der Waals surface area contributed by atoms with E-state index in [1.807, 2.05) is 18.2 Å². The van der Waals surface area contributed by atoms with Crippen molar-refractivity contribution in [3.8, 4) is 11.5 Å². The molecule has 0 bridgehead atoms. The lowest BCUT2D eigenvalue weighted by molar-refractivity contribution is -0.119. The van der Waals surface area contributed by atoms with Gasteiger partial charge in [0.15, 0.2) is 23.1 Å². The van der Waals surface area contributed by atoms with E-state index in [0.717, 1.165) is 40.9 Å². The Morgan fingerprint density at radius 3 is 2.03 bits per heavy atom. The predicted molar refractivity (Wildman–Crippen MR) is 149 cm³/mol. The normalized spacial score (nSPS) is 20.6. The molecule has 39 heavy (non-hydrogen) atoms. The highest BCUT2D eigenvalue weighted by molar-refractivity contribution is 6.06. The van der Waals surface area contributed by atoms with Gasteiger partial charge in [-0.05, 0) is 66.0 Å². The number of halogens is 1. The van der Waals surface area contributed by atoms with Gasteiger partial charge in [0.05, 0.1) is 7.11 Å². The number of rotatable bonds is 6. The minimum Gasteiger partial charge on any atom is -0.493 e. The van der Waals surface area contributed by atoms with Crippen molar-refractivity contribution in [3.63, 3.8) is 0 Å². The Morgan fingerprint density at radius 2 is 1.49 bits per heavy atom. The molecule has 2 aliphatic carbocycles. The van der Waals surface area contributed by atoms with Crippen molar-refractivity contribution in [1.29, 1.82) is 0 Å². The zero-order chi connectivity index (χ0) is 28.1. The molecule has 1 heterocycles. The largest absolute Gasteiger partial charge is 0.493 e. The molecule has 0 radical (unpaired) electrons. The number of hydrogen-bond acceptors (Lipinski definition) is 5. The van der Waals surface area contributed by atoms with Crippen molar-refractivity contribution in [2.45, 2.75) is 72.8 Å². The monoisotopic (exact) mass is 531 g/mol. The molecule has 1 aliphatic heterocycles. The number of carbonyl (C=O) groups is 2. The summed E-state index contributed by atoms with van der Waals surface area (Å²) >= 11 is 0. The summed E-state index contributed by atoms with van der Waals surface area (Å²) in [6, 6.07) is 12.0. The molecule has 3 aliphatic rings. The van der Waals surface area contributed by atoms with Gasteiger partial charge in [0, 0.05) is 47.8 Å². The van der Waals surface area contributed by atoms with Gasteiger partial charge in [-0.25, -0.2) is 4.39 Å². The summed E-state index contributed by atoms with van der Waals surface area (Å²) in [7, 11) is 1.58.